The maximum Gasteiger partial charge on any atom is 0.00671 e. The van der Waals surface area contributed by atoms with E-state index in [9.17, 15) is 0 Å². The number of hydrogen-bond donors (Lipinski definition) is 1. The molecule has 0 saturated carbocycles. The molecule has 0 aromatic heterocycles. The zero-order chi connectivity index (χ0) is 14.7. The van der Waals surface area contributed by atoms with Crippen LogP contribution in [-0.4, -0.2) is 12.6 Å². The van der Waals surface area contributed by atoms with Gasteiger partial charge in [0.1, 0.15) is 0 Å². The summed E-state index contributed by atoms with van der Waals surface area (Å²) in [6, 6.07) is 0.753. The van der Waals surface area contributed by atoms with Gasteiger partial charge in [0.2, 0.25) is 0 Å². The molecule has 1 atom stereocenters. The second kappa shape index (κ2) is 10.7. The molecule has 1 N–H and O–H groups in total. The molecule has 1 unspecified atom stereocenters. The van der Waals surface area contributed by atoms with E-state index in [0.717, 1.165) is 12.0 Å². The Bertz CT molecular complexity index is 182. The van der Waals surface area contributed by atoms with Crippen LogP contribution >= 0.6 is 0 Å². The van der Waals surface area contributed by atoms with E-state index < -0.39 is 0 Å². The second-order valence-corrected chi connectivity index (χ2v) is 7.36. The lowest BCUT2D eigenvalue weighted by Crippen LogP contribution is -2.36. The molecule has 0 heterocycles. The second-order valence-electron chi connectivity index (χ2n) is 7.36. The number of nitrogens with one attached hydrogen (secondary N) is 1. The smallest absolute Gasteiger partial charge is 0.00671 e. The van der Waals surface area contributed by atoms with Gasteiger partial charge < -0.3 is 5.32 Å². The molecule has 0 bridgehead atoms. The van der Waals surface area contributed by atoms with Crippen LogP contribution in [0, 0.1) is 11.3 Å². The van der Waals surface area contributed by atoms with Gasteiger partial charge in [-0.2, -0.15) is 0 Å². The summed E-state index contributed by atoms with van der Waals surface area (Å²) in [6.07, 6.45) is 11.0. The van der Waals surface area contributed by atoms with Crippen molar-refractivity contribution in [2.45, 2.75) is 99.0 Å². The van der Waals surface area contributed by atoms with Gasteiger partial charge in [0.15, 0.2) is 0 Å². The molecule has 0 saturated heterocycles. The third kappa shape index (κ3) is 10.4. The molecule has 1 nitrogen and oxygen atoms in total. The summed E-state index contributed by atoms with van der Waals surface area (Å²) in [5, 5.41) is 3.84. The first-order valence-corrected chi connectivity index (χ1v) is 8.65. The molecule has 0 rings (SSSR count). The highest BCUT2D eigenvalue weighted by atomic mass is 14.9. The summed E-state index contributed by atoms with van der Waals surface area (Å²) in [6.45, 7) is 15.2. The van der Waals surface area contributed by atoms with E-state index in [1.807, 2.05) is 0 Å². The SMILES string of the molecule is CCCCCC(CCCCC)NCC(C)C(C)(C)C. The molecule has 1 heteroatoms. The zero-order valence-electron chi connectivity index (χ0n) is 14.5. The van der Waals surface area contributed by atoms with E-state index >= 15 is 0 Å². The van der Waals surface area contributed by atoms with Crippen molar-refractivity contribution in [2.24, 2.45) is 11.3 Å². The van der Waals surface area contributed by atoms with Crippen LogP contribution < -0.4 is 5.32 Å². The fourth-order valence-corrected chi connectivity index (χ4v) is 2.28. The summed E-state index contributed by atoms with van der Waals surface area (Å²) in [4.78, 5) is 0. The Kier molecular flexibility index (Phi) is 10.7. The monoisotopic (exact) mass is 269 g/mol. The molecular weight excluding hydrogens is 230 g/mol. The molecule has 0 fully saturated rings. The van der Waals surface area contributed by atoms with Gasteiger partial charge in [0.05, 0.1) is 0 Å². The van der Waals surface area contributed by atoms with E-state index in [1.165, 1.54) is 57.9 Å². The summed E-state index contributed by atoms with van der Waals surface area (Å²) >= 11 is 0. The largest absolute Gasteiger partial charge is 0.314 e. The molecule has 116 valence electrons. The van der Waals surface area contributed by atoms with Gasteiger partial charge in [-0.05, 0) is 30.7 Å². The predicted octanol–water partition coefficient (Wildman–Crippen LogP) is 5.79. The molecule has 0 aliphatic rings. The first-order valence-electron chi connectivity index (χ1n) is 8.65. The lowest BCUT2D eigenvalue weighted by atomic mass is 9.82. The van der Waals surface area contributed by atoms with Gasteiger partial charge in [-0.15, -0.1) is 0 Å². The van der Waals surface area contributed by atoms with Gasteiger partial charge >= 0.3 is 0 Å². The van der Waals surface area contributed by atoms with Gasteiger partial charge in [-0.1, -0.05) is 80.1 Å². The van der Waals surface area contributed by atoms with E-state index in [0.29, 0.717) is 5.41 Å². The van der Waals surface area contributed by atoms with Gasteiger partial charge in [0.25, 0.3) is 0 Å². The van der Waals surface area contributed by atoms with Crippen LogP contribution in [0.15, 0.2) is 0 Å². The molecule has 0 aromatic carbocycles. The number of unbranched alkanes of at least 4 members (excludes halogenated alkanes) is 4. The fourth-order valence-electron chi connectivity index (χ4n) is 2.28. The third-order valence-electron chi connectivity index (χ3n) is 4.50. The lowest BCUT2D eigenvalue weighted by molar-refractivity contribution is 0.240. The van der Waals surface area contributed by atoms with Gasteiger partial charge in [0, 0.05) is 6.04 Å². The highest BCUT2D eigenvalue weighted by Gasteiger charge is 2.20. The van der Waals surface area contributed by atoms with Crippen molar-refractivity contribution in [3.05, 3.63) is 0 Å². The molecule has 19 heavy (non-hydrogen) atoms. The Hall–Kier alpha value is -0.0400. The Morgan fingerprint density at radius 2 is 1.32 bits per heavy atom. The van der Waals surface area contributed by atoms with E-state index in [-0.39, 0.29) is 0 Å². The predicted molar refractivity (Wildman–Crippen MR) is 88.7 cm³/mol. The molecule has 0 spiro atoms. The standard InChI is InChI=1S/C18H39N/c1-7-9-11-13-17(14-12-10-8-2)19-15-16(3)18(4,5)6/h16-17,19H,7-15H2,1-6H3. The summed E-state index contributed by atoms with van der Waals surface area (Å²) < 4.78 is 0. The van der Waals surface area contributed by atoms with Gasteiger partial charge in [-0.25, -0.2) is 0 Å². The molecule has 0 radical (unpaired) electrons. The minimum Gasteiger partial charge on any atom is -0.314 e. The maximum absolute atomic E-state index is 3.84. The van der Waals surface area contributed by atoms with Crippen molar-refractivity contribution in [2.75, 3.05) is 6.54 Å². The van der Waals surface area contributed by atoms with Crippen molar-refractivity contribution < 1.29 is 0 Å². The molecule has 0 amide bonds. The Balaban J connectivity index is 4.02. The molecule has 0 aliphatic heterocycles. The number of rotatable bonds is 11. The molecule has 0 aliphatic carbocycles. The van der Waals surface area contributed by atoms with E-state index in [4.69, 9.17) is 0 Å². The minimum atomic E-state index is 0.421. The summed E-state index contributed by atoms with van der Waals surface area (Å²) in [7, 11) is 0. The highest BCUT2D eigenvalue weighted by molar-refractivity contribution is 4.75. The topological polar surface area (TPSA) is 12.0 Å². The van der Waals surface area contributed by atoms with Crippen molar-refractivity contribution >= 4 is 0 Å². The quantitative estimate of drug-likeness (QED) is 0.468. The van der Waals surface area contributed by atoms with Crippen molar-refractivity contribution in [1.82, 2.24) is 5.32 Å². The maximum atomic E-state index is 3.84. The lowest BCUT2D eigenvalue weighted by Gasteiger charge is -2.30. The van der Waals surface area contributed by atoms with E-state index in [1.54, 1.807) is 0 Å². The van der Waals surface area contributed by atoms with Crippen molar-refractivity contribution in [1.29, 1.82) is 0 Å². The third-order valence-corrected chi connectivity index (χ3v) is 4.50. The van der Waals surface area contributed by atoms with Gasteiger partial charge in [-0.3, -0.25) is 0 Å². The molecular formula is C18H39N. The summed E-state index contributed by atoms with van der Waals surface area (Å²) in [5.41, 5.74) is 0.421. The van der Waals surface area contributed by atoms with Crippen LogP contribution in [0.4, 0.5) is 0 Å². The average molecular weight is 270 g/mol. The average Bonchev–Trinajstić information content (AvgIpc) is 2.34. The van der Waals surface area contributed by atoms with Crippen molar-refractivity contribution in [3.63, 3.8) is 0 Å². The minimum absolute atomic E-state index is 0.421. The summed E-state index contributed by atoms with van der Waals surface area (Å²) in [5.74, 6) is 0.743. The Morgan fingerprint density at radius 3 is 1.68 bits per heavy atom. The zero-order valence-corrected chi connectivity index (χ0v) is 14.5. The van der Waals surface area contributed by atoms with E-state index in [2.05, 4.69) is 46.9 Å². The van der Waals surface area contributed by atoms with Crippen LogP contribution in [0.2, 0.25) is 0 Å². The van der Waals surface area contributed by atoms with Crippen LogP contribution in [0.5, 0.6) is 0 Å². The molecule has 0 aromatic rings. The number of hydrogen-bond acceptors (Lipinski definition) is 1. The Morgan fingerprint density at radius 1 is 0.842 bits per heavy atom. The van der Waals surface area contributed by atoms with Crippen LogP contribution in [0.25, 0.3) is 0 Å². The Labute approximate surface area is 122 Å². The first kappa shape index (κ1) is 19.0. The normalized spacial score (nSPS) is 14.1. The fraction of sp³-hybridized carbons (Fsp3) is 1.00. The van der Waals surface area contributed by atoms with Crippen LogP contribution in [0.3, 0.4) is 0 Å². The first-order chi connectivity index (χ1) is 8.91. The van der Waals surface area contributed by atoms with Crippen LogP contribution in [-0.2, 0) is 0 Å². The van der Waals surface area contributed by atoms with Crippen molar-refractivity contribution in [3.8, 4) is 0 Å². The van der Waals surface area contributed by atoms with Crippen LogP contribution in [0.1, 0.15) is 92.9 Å². The highest BCUT2D eigenvalue weighted by Crippen LogP contribution is 2.25.